The Kier molecular flexibility index (Phi) is 11.2. The molecule has 6 rings (SSSR count). The number of aromatic amines is 1. The van der Waals surface area contributed by atoms with Crippen molar-refractivity contribution in [2.24, 2.45) is 0 Å². The van der Waals surface area contributed by atoms with Crippen LogP contribution in [0, 0.1) is 0 Å². The van der Waals surface area contributed by atoms with Gasteiger partial charge in [-0.1, -0.05) is 90.2 Å². The summed E-state index contributed by atoms with van der Waals surface area (Å²) in [6.45, 7) is 3.92. The van der Waals surface area contributed by atoms with Crippen molar-refractivity contribution in [1.82, 2.24) is 20.2 Å². The van der Waals surface area contributed by atoms with Crippen molar-refractivity contribution < 1.29 is 19.4 Å². The monoisotopic (exact) mass is 678 g/mol. The second kappa shape index (κ2) is 16.1. The Balaban J connectivity index is 0.890. The Labute approximate surface area is 289 Å². The van der Waals surface area contributed by atoms with Crippen LogP contribution >= 0.6 is 11.3 Å². The Morgan fingerprint density at radius 3 is 2.31 bits per heavy atom. The van der Waals surface area contributed by atoms with Crippen LogP contribution in [0.25, 0.3) is 10.2 Å². The average Bonchev–Trinajstić information content (AvgIpc) is 3.78. The number of aliphatic hydroxyl groups is 1. The molecular formula is C39H42N4O5S. The molecule has 0 unspecified atom stereocenters. The molecule has 0 saturated heterocycles. The average molecular weight is 679 g/mol. The first kappa shape index (κ1) is 34.1. The highest BCUT2D eigenvalue weighted by Crippen LogP contribution is 2.36. The van der Waals surface area contributed by atoms with Crippen LogP contribution in [-0.2, 0) is 24.9 Å². The molecule has 4 aromatic carbocycles. The maximum absolute atomic E-state index is 11.9. The lowest BCUT2D eigenvalue weighted by Gasteiger charge is -2.26. The molecule has 49 heavy (non-hydrogen) atoms. The van der Waals surface area contributed by atoms with Crippen LogP contribution in [0.3, 0.4) is 0 Å². The van der Waals surface area contributed by atoms with Gasteiger partial charge >= 0.3 is 4.87 Å². The van der Waals surface area contributed by atoms with Gasteiger partial charge < -0.3 is 34.6 Å². The minimum Gasteiger partial charge on any atom is -0.506 e. The van der Waals surface area contributed by atoms with Crippen LogP contribution in [0.2, 0.25) is 0 Å². The van der Waals surface area contributed by atoms with E-state index in [0.29, 0.717) is 29.7 Å². The van der Waals surface area contributed by atoms with Crippen LogP contribution in [0.1, 0.15) is 40.3 Å². The standard InChI is InChI=1S/C39H42N4O5S/c1-43(25-21-33-27-41-37(48-33)39(46,30-9-4-2-5-10-30)31-11-6-3-7-12-31)24-8-26-47-32-16-13-28(14-17-32)19-22-40-23-20-29-15-18-34(44)35-36(29)49-38(45)42-35/h2-7,9-18,27,40,44,46H,8,19-26H2,1H3,(H,42,45). The summed E-state index contributed by atoms with van der Waals surface area (Å²) in [4.78, 5) is 21.0. The third kappa shape index (κ3) is 8.47. The summed E-state index contributed by atoms with van der Waals surface area (Å²) in [5, 5.41) is 25.3. The number of phenols is 1. The molecule has 0 atom stereocenters. The number of fused-ring (bicyclic) bond motifs is 1. The number of H-pyrrole nitrogens is 1. The number of oxazole rings is 1. The number of nitrogens with one attached hydrogen (secondary N) is 2. The maximum Gasteiger partial charge on any atom is 0.305 e. The summed E-state index contributed by atoms with van der Waals surface area (Å²) in [5.41, 5.74) is 2.75. The van der Waals surface area contributed by atoms with Gasteiger partial charge in [-0.25, -0.2) is 4.98 Å². The van der Waals surface area contributed by atoms with E-state index in [-0.39, 0.29) is 16.5 Å². The van der Waals surface area contributed by atoms with E-state index < -0.39 is 5.60 Å². The van der Waals surface area contributed by atoms with E-state index in [9.17, 15) is 15.0 Å². The van der Waals surface area contributed by atoms with E-state index >= 15 is 0 Å². The highest BCUT2D eigenvalue weighted by atomic mass is 32.1. The smallest absolute Gasteiger partial charge is 0.305 e. The predicted molar refractivity (Wildman–Crippen MR) is 194 cm³/mol. The molecule has 0 radical (unpaired) electrons. The molecule has 0 fully saturated rings. The number of thiazole rings is 1. The van der Waals surface area contributed by atoms with Gasteiger partial charge in [-0.15, -0.1) is 0 Å². The van der Waals surface area contributed by atoms with Crippen LogP contribution in [0.4, 0.5) is 0 Å². The fourth-order valence-electron chi connectivity index (χ4n) is 5.90. The molecule has 0 aliphatic carbocycles. The van der Waals surface area contributed by atoms with Crippen molar-refractivity contribution in [3.63, 3.8) is 0 Å². The highest BCUT2D eigenvalue weighted by molar-refractivity contribution is 7.16. The lowest BCUT2D eigenvalue weighted by molar-refractivity contribution is 0.0911. The van der Waals surface area contributed by atoms with Crippen molar-refractivity contribution >= 4 is 21.6 Å². The lowest BCUT2D eigenvalue weighted by atomic mass is 9.86. The summed E-state index contributed by atoms with van der Waals surface area (Å²) in [6.07, 6.45) is 4.96. The van der Waals surface area contributed by atoms with E-state index in [0.717, 1.165) is 78.6 Å². The number of ether oxygens (including phenoxy) is 1. The molecule has 2 aromatic heterocycles. The summed E-state index contributed by atoms with van der Waals surface area (Å²) in [6, 6.07) is 30.8. The Bertz CT molecular complexity index is 1930. The van der Waals surface area contributed by atoms with E-state index in [4.69, 9.17) is 9.15 Å². The van der Waals surface area contributed by atoms with Crippen molar-refractivity contribution in [3.05, 3.63) is 147 Å². The predicted octanol–water partition coefficient (Wildman–Crippen LogP) is 5.89. The maximum atomic E-state index is 11.9. The Morgan fingerprint density at radius 2 is 1.59 bits per heavy atom. The molecule has 0 amide bonds. The van der Waals surface area contributed by atoms with Crippen LogP contribution in [0.15, 0.2) is 112 Å². The number of aromatic hydroxyl groups is 1. The minimum atomic E-state index is -1.48. The summed E-state index contributed by atoms with van der Waals surface area (Å²) >= 11 is 1.14. The van der Waals surface area contributed by atoms with Crippen molar-refractivity contribution in [1.29, 1.82) is 0 Å². The van der Waals surface area contributed by atoms with Crippen molar-refractivity contribution in [2.45, 2.75) is 31.3 Å². The van der Waals surface area contributed by atoms with Gasteiger partial charge in [-0.3, -0.25) is 4.79 Å². The number of hydrogen-bond donors (Lipinski definition) is 4. The van der Waals surface area contributed by atoms with Gasteiger partial charge in [0.25, 0.3) is 0 Å². The Hall–Kier alpha value is -4.74. The van der Waals surface area contributed by atoms with Gasteiger partial charge in [-0.2, -0.15) is 0 Å². The zero-order valence-electron chi connectivity index (χ0n) is 27.6. The molecule has 0 saturated carbocycles. The fourth-order valence-corrected chi connectivity index (χ4v) is 6.80. The van der Waals surface area contributed by atoms with E-state index in [1.54, 1.807) is 12.3 Å². The van der Waals surface area contributed by atoms with Crippen molar-refractivity contribution in [3.8, 4) is 11.5 Å². The number of rotatable bonds is 17. The fraction of sp³-hybridized carbons (Fsp3) is 0.282. The largest absolute Gasteiger partial charge is 0.506 e. The SMILES string of the molecule is CN(CCCOc1ccc(CCNCCc2ccc(O)c3[nH]c(=O)sc23)cc1)CCc1cnc(C(O)(c2ccccc2)c2ccccc2)o1. The molecular weight excluding hydrogens is 637 g/mol. The molecule has 10 heteroatoms. The summed E-state index contributed by atoms with van der Waals surface area (Å²) in [7, 11) is 2.08. The molecule has 9 nitrogen and oxygen atoms in total. The second-order valence-corrected chi connectivity index (χ2v) is 13.2. The zero-order valence-corrected chi connectivity index (χ0v) is 28.4. The highest BCUT2D eigenvalue weighted by Gasteiger charge is 2.38. The van der Waals surface area contributed by atoms with Gasteiger partial charge in [0.05, 0.1) is 17.5 Å². The van der Waals surface area contributed by atoms with E-state index in [1.165, 1.54) is 5.56 Å². The van der Waals surface area contributed by atoms with Gasteiger partial charge in [0, 0.05) is 19.5 Å². The number of aromatic nitrogens is 2. The van der Waals surface area contributed by atoms with Gasteiger partial charge in [0.2, 0.25) is 5.89 Å². The first-order valence-electron chi connectivity index (χ1n) is 16.6. The lowest BCUT2D eigenvalue weighted by Crippen LogP contribution is -2.29. The molecule has 0 bridgehead atoms. The Morgan fingerprint density at radius 1 is 0.898 bits per heavy atom. The van der Waals surface area contributed by atoms with E-state index in [1.807, 2.05) is 78.9 Å². The number of nitrogens with zero attached hydrogens (tertiary/aromatic N) is 2. The molecule has 4 N–H and O–H groups in total. The summed E-state index contributed by atoms with van der Waals surface area (Å²) < 4.78 is 13.0. The van der Waals surface area contributed by atoms with E-state index in [2.05, 4.69) is 39.4 Å². The topological polar surface area (TPSA) is 124 Å². The van der Waals surface area contributed by atoms with Crippen LogP contribution < -0.4 is 14.9 Å². The van der Waals surface area contributed by atoms with Crippen LogP contribution in [0.5, 0.6) is 11.5 Å². The molecule has 254 valence electrons. The van der Waals surface area contributed by atoms with Gasteiger partial charge in [0.1, 0.15) is 22.8 Å². The number of phenolic OH excluding ortho intramolecular Hbond substituents is 1. The third-order valence-electron chi connectivity index (χ3n) is 8.66. The van der Waals surface area contributed by atoms with Gasteiger partial charge in [0.15, 0.2) is 5.60 Å². The molecule has 6 aromatic rings. The zero-order chi connectivity index (χ0) is 34.1. The molecule has 0 spiro atoms. The first-order chi connectivity index (χ1) is 23.9. The minimum absolute atomic E-state index is 0.109. The second-order valence-electron chi connectivity index (χ2n) is 12.2. The molecule has 0 aliphatic rings. The normalized spacial score (nSPS) is 11.8. The number of likely N-dealkylation sites (N-methyl/N-ethyl adjacent to an activating group) is 1. The van der Waals surface area contributed by atoms with Crippen LogP contribution in [-0.4, -0.2) is 64.9 Å². The summed E-state index contributed by atoms with van der Waals surface area (Å²) in [5.74, 6) is 1.97. The van der Waals surface area contributed by atoms with Gasteiger partial charge in [-0.05, 0) is 79.9 Å². The molecule has 2 heterocycles. The number of benzene rings is 4. The first-order valence-corrected chi connectivity index (χ1v) is 17.4. The van der Waals surface area contributed by atoms with Crippen molar-refractivity contribution in [2.75, 3.05) is 39.8 Å². The third-order valence-corrected chi connectivity index (χ3v) is 9.62. The number of hydrogen-bond acceptors (Lipinski definition) is 9. The quantitative estimate of drug-likeness (QED) is 0.0882. The molecule has 0 aliphatic heterocycles.